The van der Waals surface area contributed by atoms with Crippen molar-refractivity contribution < 1.29 is 27.4 Å². The predicted octanol–water partition coefficient (Wildman–Crippen LogP) is 3.51. The zero-order valence-electron chi connectivity index (χ0n) is 16.0. The lowest BCUT2D eigenvalue weighted by Gasteiger charge is -2.14. The molecule has 9 heteroatoms. The number of hydrogen-bond acceptors (Lipinski definition) is 6. The Labute approximate surface area is 173 Å². The molecule has 0 atom stereocenters. The molecule has 0 aliphatic rings. The molecule has 0 heterocycles. The fourth-order valence-corrected chi connectivity index (χ4v) is 4.33. The van der Waals surface area contributed by atoms with Crippen LogP contribution in [0, 0.1) is 0 Å². The van der Waals surface area contributed by atoms with Crippen LogP contribution in [-0.2, 0) is 21.4 Å². The third-order valence-electron chi connectivity index (χ3n) is 3.68. The summed E-state index contributed by atoms with van der Waals surface area (Å²) >= 11 is 3.36. The molecule has 1 N–H and O–H groups in total. The summed E-state index contributed by atoms with van der Waals surface area (Å²) in [7, 11) is -0.964. The first-order valence-electron chi connectivity index (χ1n) is 8.38. The van der Waals surface area contributed by atoms with Crippen molar-refractivity contribution >= 4 is 31.9 Å². The van der Waals surface area contributed by atoms with E-state index >= 15 is 0 Å². The van der Waals surface area contributed by atoms with Crippen molar-refractivity contribution in [3.63, 3.8) is 0 Å². The van der Waals surface area contributed by atoms with Crippen LogP contribution in [0.3, 0.4) is 0 Å². The standard InChI is InChI=1S/C19H22BrNO6S/c1-12(2)21-28(23,24)18-10-13(5-7-17(18)26-4)19(22)27-11-14-9-15(20)6-8-16(14)25-3/h5-10,12,21H,11H2,1-4H3. The lowest BCUT2D eigenvalue weighted by Crippen LogP contribution is -2.30. The van der Waals surface area contributed by atoms with Crippen LogP contribution in [0.2, 0.25) is 0 Å². The molecule has 0 aliphatic heterocycles. The van der Waals surface area contributed by atoms with Crippen LogP contribution < -0.4 is 14.2 Å². The zero-order valence-corrected chi connectivity index (χ0v) is 18.4. The molecule has 0 saturated heterocycles. The van der Waals surface area contributed by atoms with E-state index in [0.29, 0.717) is 11.3 Å². The number of benzene rings is 2. The molecule has 0 radical (unpaired) electrons. The lowest BCUT2D eigenvalue weighted by atomic mass is 10.2. The fourth-order valence-electron chi connectivity index (χ4n) is 2.47. The number of hydrogen-bond donors (Lipinski definition) is 1. The minimum Gasteiger partial charge on any atom is -0.496 e. The molecule has 152 valence electrons. The van der Waals surface area contributed by atoms with Crippen molar-refractivity contribution in [2.24, 2.45) is 0 Å². The summed E-state index contributed by atoms with van der Waals surface area (Å²) in [5.74, 6) is 0.0548. The molecule has 0 bridgehead atoms. The number of sulfonamides is 1. The van der Waals surface area contributed by atoms with E-state index < -0.39 is 16.0 Å². The van der Waals surface area contributed by atoms with Gasteiger partial charge < -0.3 is 14.2 Å². The van der Waals surface area contributed by atoms with Gasteiger partial charge in [0.1, 0.15) is 23.0 Å². The smallest absolute Gasteiger partial charge is 0.338 e. The highest BCUT2D eigenvalue weighted by Crippen LogP contribution is 2.27. The number of esters is 1. The van der Waals surface area contributed by atoms with Gasteiger partial charge in [0.2, 0.25) is 10.0 Å². The summed E-state index contributed by atoms with van der Waals surface area (Å²) < 4.78 is 44.1. The number of ether oxygens (including phenoxy) is 3. The Morgan fingerprint density at radius 3 is 2.32 bits per heavy atom. The Balaban J connectivity index is 2.27. The third kappa shape index (κ3) is 5.46. The molecule has 2 rings (SSSR count). The van der Waals surface area contributed by atoms with E-state index in [1.807, 2.05) is 6.07 Å². The maximum absolute atomic E-state index is 12.5. The predicted molar refractivity (Wildman–Crippen MR) is 108 cm³/mol. The van der Waals surface area contributed by atoms with Gasteiger partial charge in [-0.3, -0.25) is 0 Å². The quantitative estimate of drug-likeness (QED) is 0.592. The summed E-state index contributed by atoms with van der Waals surface area (Å²) in [6, 6.07) is 9.15. The molecule has 0 spiro atoms. The highest BCUT2D eigenvalue weighted by molar-refractivity contribution is 9.10. The molecule has 0 fully saturated rings. The van der Waals surface area contributed by atoms with Crippen molar-refractivity contribution in [1.82, 2.24) is 4.72 Å². The number of rotatable bonds is 8. The van der Waals surface area contributed by atoms with Crippen molar-refractivity contribution in [3.8, 4) is 11.5 Å². The van der Waals surface area contributed by atoms with Gasteiger partial charge in [0.25, 0.3) is 0 Å². The van der Waals surface area contributed by atoms with Gasteiger partial charge in [0.15, 0.2) is 0 Å². The van der Waals surface area contributed by atoms with Crippen molar-refractivity contribution in [3.05, 3.63) is 52.0 Å². The van der Waals surface area contributed by atoms with Gasteiger partial charge in [-0.2, -0.15) is 0 Å². The van der Waals surface area contributed by atoms with Gasteiger partial charge >= 0.3 is 5.97 Å². The Morgan fingerprint density at radius 1 is 1.07 bits per heavy atom. The Morgan fingerprint density at radius 2 is 1.71 bits per heavy atom. The van der Waals surface area contributed by atoms with Gasteiger partial charge in [0.05, 0.1) is 19.8 Å². The zero-order chi connectivity index (χ0) is 20.9. The second-order valence-corrected chi connectivity index (χ2v) is 8.77. The van der Waals surface area contributed by atoms with E-state index in [-0.39, 0.29) is 28.9 Å². The van der Waals surface area contributed by atoms with E-state index in [9.17, 15) is 13.2 Å². The van der Waals surface area contributed by atoms with Crippen LogP contribution in [0.5, 0.6) is 11.5 Å². The van der Waals surface area contributed by atoms with E-state index in [4.69, 9.17) is 14.2 Å². The highest BCUT2D eigenvalue weighted by atomic mass is 79.9. The van der Waals surface area contributed by atoms with Gasteiger partial charge in [-0.15, -0.1) is 0 Å². The highest BCUT2D eigenvalue weighted by Gasteiger charge is 2.23. The molecular weight excluding hydrogens is 450 g/mol. The second-order valence-electron chi connectivity index (χ2n) is 6.17. The molecule has 28 heavy (non-hydrogen) atoms. The molecule has 7 nitrogen and oxygen atoms in total. The van der Waals surface area contributed by atoms with E-state index in [1.54, 1.807) is 26.0 Å². The molecule has 0 unspecified atom stereocenters. The normalized spacial score (nSPS) is 11.4. The maximum Gasteiger partial charge on any atom is 0.338 e. The van der Waals surface area contributed by atoms with Crippen LogP contribution in [0.1, 0.15) is 29.8 Å². The van der Waals surface area contributed by atoms with Crippen LogP contribution in [0.25, 0.3) is 0 Å². The minimum absolute atomic E-state index is 0.0280. The second kappa shape index (κ2) is 9.40. The monoisotopic (exact) mass is 471 g/mol. The fraction of sp³-hybridized carbons (Fsp3) is 0.316. The van der Waals surface area contributed by atoms with Gasteiger partial charge in [-0.1, -0.05) is 15.9 Å². The van der Waals surface area contributed by atoms with Crippen LogP contribution >= 0.6 is 15.9 Å². The summed E-state index contributed by atoms with van der Waals surface area (Å²) in [5.41, 5.74) is 0.770. The largest absolute Gasteiger partial charge is 0.496 e. The number of carbonyl (C=O) groups is 1. The maximum atomic E-state index is 12.5. The molecule has 0 amide bonds. The van der Waals surface area contributed by atoms with E-state index in [2.05, 4.69) is 20.7 Å². The first kappa shape index (κ1) is 22.2. The number of halogens is 1. The molecule has 0 aliphatic carbocycles. The topological polar surface area (TPSA) is 90.9 Å². The lowest BCUT2D eigenvalue weighted by molar-refractivity contribution is 0.0469. The van der Waals surface area contributed by atoms with Crippen molar-refractivity contribution in [2.45, 2.75) is 31.4 Å². The van der Waals surface area contributed by atoms with Crippen molar-refractivity contribution in [2.75, 3.05) is 14.2 Å². The van der Waals surface area contributed by atoms with Crippen LogP contribution in [0.4, 0.5) is 0 Å². The first-order chi connectivity index (χ1) is 13.2. The number of carbonyl (C=O) groups excluding carboxylic acids is 1. The average molecular weight is 472 g/mol. The third-order valence-corrected chi connectivity index (χ3v) is 5.85. The molecule has 0 saturated carbocycles. The Bertz CT molecular complexity index is 959. The van der Waals surface area contributed by atoms with Crippen LogP contribution in [-0.4, -0.2) is 34.6 Å². The summed E-state index contributed by atoms with van der Waals surface area (Å²) in [5, 5.41) is 0. The van der Waals surface area contributed by atoms with E-state index in [0.717, 1.165) is 4.47 Å². The summed E-state index contributed by atoms with van der Waals surface area (Å²) in [4.78, 5) is 12.3. The first-order valence-corrected chi connectivity index (χ1v) is 10.7. The van der Waals surface area contributed by atoms with Gasteiger partial charge in [-0.25, -0.2) is 17.9 Å². The SMILES string of the molecule is COc1ccc(Br)cc1COC(=O)c1ccc(OC)c(S(=O)(=O)NC(C)C)c1. The Hall–Kier alpha value is -2.10. The van der Waals surface area contributed by atoms with Gasteiger partial charge in [0, 0.05) is 16.1 Å². The van der Waals surface area contributed by atoms with Crippen molar-refractivity contribution in [1.29, 1.82) is 0 Å². The molecular formula is C19H22BrNO6S. The Kier molecular flexibility index (Phi) is 7.45. The summed E-state index contributed by atoms with van der Waals surface area (Å²) in [6.07, 6.45) is 0. The number of methoxy groups -OCH3 is 2. The molecule has 2 aromatic rings. The van der Waals surface area contributed by atoms with Crippen LogP contribution in [0.15, 0.2) is 45.8 Å². The summed E-state index contributed by atoms with van der Waals surface area (Å²) in [6.45, 7) is 3.38. The molecule has 2 aromatic carbocycles. The van der Waals surface area contributed by atoms with Gasteiger partial charge in [-0.05, 0) is 50.2 Å². The average Bonchev–Trinajstić information content (AvgIpc) is 2.64. The van der Waals surface area contributed by atoms with E-state index in [1.165, 1.54) is 32.4 Å². The number of nitrogens with one attached hydrogen (secondary N) is 1. The molecule has 0 aromatic heterocycles. The minimum atomic E-state index is -3.85.